The minimum atomic E-state index is -0.217. The molecule has 3 N–H and O–H groups in total. The van der Waals surface area contributed by atoms with E-state index >= 15 is 0 Å². The summed E-state index contributed by atoms with van der Waals surface area (Å²) in [6.07, 6.45) is 1.54. The zero-order valence-corrected chi connectivity index (χ0v) is 11.2. The van der Waals surface area contributed by atoms with E-state index in [9.17, 15) is 5.11 Å². The van der Waals surface area contributed by atoms with E-state index in [2.05, 4.69) is 24.0 Å². The van der Waals surface area contributed by atoms with E-state index in [4.69, 9.17) is 10.3 Å². The van der Waals surface area contributed by atoms with Crippen LogP contribution >= 0.6 is 0 Å². The first-order valence-electron chi connectivity index (χ1n) is 6.46. The number of nitrogens with two attached hydrogens (primary N) is 1. The summed E-state index contributed by atoms with van der Waals surface area (Å²) in [5.41, 5.74) is 7.06. The molecule has 0 aliphatic rings. The molecule has 0 aliphatic carbocycles. The van der Waals surface area contributed by atoms with Crippen molar-refractivity contribution in [2.24, 2.45) is 11.7 Å². The number of benzene rings is 1. The Morgan fingerprint density at radius 2 is 2.00 bits per heavy atom. The van der Waals surface area contributed by atoms with Crippen LogP contribution in [-0.2, 0) is 6.42 Å². The van der Waals surface area contributed by atoms with Crippen molar-refractivity contribution in [2.45, 2.75) is 32.7 Å². The topological polar surface area (TPSA) is 85.2 Å². The van der Waals surface area contributed by atoms with Crippen molar-refractivity contribution < 1.29 is 9.63 Å². The van der Waals surface area contributed by atoms with Gasteiger partial charge in [0.05, 0.1) is 6.04 Å². The highest BCUT2D eigenvalue weighted by molar-refractivity contribution is 5.27. The van der Waals surface area contributed by atoms with E-state index in [0.29, 0.717) is 24.1 Å². The number of aromatic nitrogens is 2. The molecule has 0 bridgehead atoms. The van der Waals surface area contributed by atoms with Crippen molar-refractivity contribution in [3.63, 3.8) is 0 Å². The van der Waals surface area contributed by atoms with Gasteiger partial charge in [0.1, 0.15) is 5.75 Å². The predicted molar refractivity (Wildman–Crippen MR) is 71.6 cm³/mol. The number of rotatable bonds is 5. The van der Waals surface area contributed by atoms with Crippen molar-refractivity contribution in [2.75, 3.05) is 0 Å². The van der Waals surface area contributed by atoms with Gasteiger partial charge in [-0.2, -0.15) is 4.98 Å². The molecule has 0 saturated carbocycles. The predicted octanol–water partition coefficient (Wildman–Crippen LogP) is 2.41. The quantitative estimate of drug-likeness (QED) is 0.863. The number of hydrogen-bond acceptors (Lipinski definition) is 5. The summed E-state index contributed by atoms with van der Waals surface area (Å²) in [5.74, 6) is 1.65. The van der Waals surface area contributed by atoms with Gasteiger partial charge in [0, 0.05) is 6.42 Å². The normalized spacial score (nSPS) is 14.3. The molecule has 0 radical (unpaired) electrons. The number of hydrogen-bond donors (Lipinski definition) is 2. The van der Waals surface area contributed by atoms with Gasteiger partial charge in [-0.3, -0.25) is 0 Å². The average Bonchev–Trinajstić information content (AvgIpc) is 2.88. The Morgan fingerprint density at radius 1 is 1.32 bits per heavy atom. The van der Waals surface area contributed by atoms with E-state index in [1.165, 1.54) is 0 Å². The molecular formula is C14H19N3O2. The summed E-state index contributed by atoms with van der Waals surface area (Å²) < 4.78 is 5.21. The highest BCUT2D eigenvalue weighted by Gasteiger charge is 2.19. The Kier molecular flexibility index (Phi) is 4.16. The van der Waals surface area contributed by atoms with Crippen LogP contribution in [0.4, 0.5) is 0 Å². The molecule has 2 aromatic rings. The molecule has 1 aromatic heterocycles. The monoisotopic (exact) mass is 261 g/mol. The lowest BCUT2D eigenvalue weighted by Crippen LogP contribution is -2.18. The number of phenols is 1. The van der Waals surface area contributed by atoms with Crippen LogP contribution in [0, 0.1) is 5.92 Å². The molecule has 0 spiro atoms. The van der Waals surface area contributed by atoms with Crippen LogP contribution in [0.5, 0.6) is 5.75 Å². The molecule has 102 valence electrons. The maximum absolute atomic E-state index is 9.22. The van der Waals surface area contributed by atoms with Gasteiger partial charge in [-0.25, -0.2) is 0 Å². The third-order valence-corrected chi connectivity index (χ3v) is 3.32. The second-order valence-corrected chi connectivity index (χ2v) is 4.80. The Bertz CT molecular complexity index is 522. The highest BCUT2D eigenvalue weighted by atomic mass is 16.5. The summed E-state index contributed by atoms with van der Waals surface area (Å²) in [6, 6.07) is 6.73. The van der Waals surface area contributed by atoms with E-state index in [0.717, 1.165) is 12.0 Å². The first-order valence-corrected chi connectivity index (χ1v) is 6.46. The molecule has 5 nitrogen and oxygen atoms in total. The van der Waals surface area contributed by atoms with Gasteiger partial charge in [0.15, 0.2) is 5.82 Å². The summed E-state index contributed by atoms with van der Waals surface area (Å²) >= 11 is 0. The largest absolute Gasteiger partial charge is 0.508 e. The van der Waals surface area contributed by atoms with Crippen molar-refractivity contribution >= 4 is 0 Å². The molecule has 1 heterocycles. The lowest BCUT2D eigenvalue weighted by atomic mass is 10.0. The minimum absolute atomic E-state index is 0.217. The SMILES string of the molecule is CCC(C)C(N)c1nc(Cc2ccc(O)cc2)no1. The number of phenolic OH excluding ortho intramolecular Hbond substituents is 1. The maximum atomic E-state index is 9.22. The second kappa shape index (κ2) is 5.84. The molecule has 19 heavy (non-hydrogen) atoms. The fourth-order valence-electron chi connectivity index (χ4n) is 1.77. The second-order valence-electron chi connectivity index (χ2n) is 4.80. The van der Waals surface area contributed by atoms with Crippen LogP contribution in [-0.4, -0.2) is 15.2 Å². The van der Waals surface area contributed by atoms with Crippen molar-refractivity contribution in [1.82, 2.24) is 10.1 Å². The van der Waals surface area contributed by atoms with Crippen LogP contribution in [0.1, 0.15) is 43.6 Å². The molecule has 5 heteroatoms. The summed E-state index contributed by atoms with van der Waals surface area (Å²) in [4.78, 5) is 4.33. The Morgan fingerprint density at radius 3 is 2.63 bits per heavy atom. The molecular weight excluding hydrogens is 242 g/mol. The van der Waals surface area contributed by atoms with Gasteiger partial charge in [-0.15, -0.1) is 0 Å². The van der Waals surface area contributed by atoms with E-state index in [-0.39, 0.29) is 11.8 Å². The lowest BCUT2D eigenvalue weighted by molar-refractivity contribution is 0.310. The summed E-state index contributed by atoms with van der Waals surface area (Å²) in [7, 11) is 0. The highest BCUT2D eigenvalue weighted by Crippen LogP contribution is 2.20. The molecule has 2 atom stereocenters. The Balaban J connectivity index is 2.07. The van der Waals surface area contributed by atoms with Crippen molar-refractivity contribution in [3.8, 4) is 5.75 Å². The smallest absolute Gasteiger partial charge is 0.243 e. The Labute approximate surface area is 112 Å². The van der Waals surface area contributed by atoms with Crippen LogP contribution < -0.4 is 5.73 Å². The molecule has 0 amide bonds. The maximum Gasteiger partial charge on any atom is 0.243 e. The third kappa shape index (κ3) is 3.32. The van der Waals surface area contributed by atoms with Crippen LogP contribution in [0.15, 0.2) is 28.8 Å². The van der Waals surface area contributed by atoms with Crippen LogP contribution in [0.25, 0.3) is 0 Å². The summed E-state index contributed by atoms with van der Waals surface area (Å²) in [6.45, 7) is 4.15. The van der Waals surface area contributed by atoms with Gasteiger partial charge in [0.2, 0.25) is 5.89 Å². The fraction of sp³-hybridized carbons (Fsp3) is 0.429. The van der Waals surface area contributed by atoms with Gasteiger partial charge < -0.3 is 15.4 Å². The fourth-order valence-corrected chi connectivity index (χ4v) is 1.77. The van der Waals surface area contributed by atoms with Gasteiger partial charge >= 0.3 is 0 Å². The zero-order chi connectivity index (χ0) is 13.8. The first-order chi connectivity index (χ1) is 9.10. The first kappa shape index (κ1) is 13.5. The third-order valence-electron chi connectivity index (χ3n) is 3.32. The number of aromatic hydroxyl groups is 1. The summed E-state index contributed by atoms with van der Waals surface area (Å²) in [5, 5.41) is 13.2. The molecule has 0 saturated heterocycles. The van der Waals surface area contributed by atoms with E-state index < -0.39 is 0 Å². The zero-order valence-electron chi connectivity index (χ0n) is 11.2. The average molecular weight is 261 g/mol. The Hall–Kier alpha value is -1.88. The number of nitrogens with zero attached hydrogens (tertiary/aromatic N) is 2. The molecule has 0 fully saturated rings. The minimum Gasteiger partial charge on any atom is -0.508 e. The van der Waals surface area contributed by atoms with Gasteiger partial charge in [-0.1, -0.05) is 37.6 Å². The van der Waals surface area contributed by atoms with Gasteiger partial charge in [0.25, 0.3) is 0 Å². The molecule has 1 aromatic carbocycles. The van der Waals surface area contributed by atoms with Crippen LogP contribution in [0.3, 0.4) is 0 Å². The van der Waals surface area contributed by atoms with E-state index in [1.807, 2.05) is 12.1 Å². The van der Waals surface area contributed by atoms with Crippen molar-refractivity contribution in [3.05, 3.63) is 41.5 Å². The van der Waals surface area contributed by atoms with Crippen molar-refractivity contribution in [1.29, 1.82) is 0 Å². The van der Waals surface area contributed by atoms with Crippen LogP contribution in [0.2, 0.25) is 0 Å². The van der Waals surface area contributed by atoms with Gasteiger partial charge in [-0.05, 0) is 23.6 Å². The van der Waals surface area contributed by atoms with E-state index in [1.54, 1.807) is 12.1 Å². The molecule has 2 rings (SSSR count). The lowest BCUT2D eigenvalue weighted by Gasteiger charge is -2.12. The standard InChI is InChI=1S/C14H19N3O2/c1-3-9(2)13(15)14-16-12(17-19-14)8-10-4-6-11(18)7-5-10/h4-7,9,13,18H,3,8,15H2,1-2H3. The molecule has 2 unspecified atom stereocenters. The molecule has 0 aliphatic heterocycles.